The van der Waals surface area contributed by atoms with Gasteiger partial charge in [-0.05, 0) is 42.5 Å². The minimum Gasteiger partial charge on any atom is -0.346 e. The summed E-state index contributed by atoms with van der Waals surface area (Å²) in [6.45, 7) is 4.11. The van der Waals surface area contributed by atoms with Crippen molar-refractivity contribution >= 4 is 5.91 Å². The molecule has 0 aliphatic heterocycles. The average molecular weight is 260 g/mol. The number of nitrogens with two attached hydrogens (primary N) is 1. The third-order valence-electron chi connectivity index (χ3n) is 2.68. The highest BCUT2D eigenvalue weighted by atomic mass is 16.1. The molecule has 100 valence electrons. The Morgan fingerprint density at radius 1 is 1.47 bits per heavy atom. The quantitative estimate of drug-likeness (QED) is 0.814. The molecule has 0 unspecified atom stereocenters. The van der Waals surface area contributed by atoms with Gasteiger partial charge in [-0.3, -0.25) is 4.79 Å². The summed E-state index contributed by atoms with van der Waals surface area (Å²) in [5.41, 5.74) is 6.41. The fourth-order valence-electron chi connectivity index (χ4n) is 1.50. The van der Waals surface area contributed by atoms with Gasteiger partial charge in [0, 0.05) is 17.6 Å². The van der Waals surface area contributed by atoms with Gasteiger partial charge in [0.2, 0.25) is 0 Å². The van der Waals surface area contributed by atoms with Crippen LogP contribution in [0.3, 0.4) is 0 Å². The molecule has 1 aromatic carbocycles. The van der Waals surface area contributed by atoms with Crippen molar-refractivity contribution in [3.05, 3.63) is 36.2 Å². The Morgan fingerprint density at radius 2 is 2.26 bits per heavy atom. The first-order valence-electron chi connectivity index (χ1n) is 5.88. The van der Waals surface area contributed by atoms with E-state index in [9.17, 15) is 4.79 Å². The summed E-state index contributed by atoms with van der Waals surface area (Å²) >= 11 is 0. The summed E-state index contributed by atoms with van der Waals surface area (Å²) in [7, 11) is 0. The van der Waals surface area contributed by atoms with Crippen LogP contribution in [0.1, 0.15) is 24.2 Å². The first-order valence-corrected chi connectivity index (χ1v) is 5.88. The van der Waals surface area contributed by atoms with Gasteiger partial charge in [0.25, 0.3) is 5.91 Å². The van der Waals surface area contributed by atoms with Crippen LogP contribution in [0.2, 0.25) is 0 Å². The molecule has 0 fully saturated rings. The Balaban J connectivity index is 2.22. The van der Waals surface area contributed by atoms with E-state index in [2.05, 4.69) is 20.8 Å². The predicted octanol–water partition coefficient (Wildman–Crippen LogP) is 0.129. The summed E-state index contributed by atoms with van der Waals surface area (Å²) in [4.78, 5) is 12.1. The number of nitrogens with zero attached hydrogens (tertiary/aromatic N) is 4. The summed E-state index contributed by atoms with van der Waals surface area (Å²) < 4.78 is 1.49. The van der Waals surface area contributed by atoms with Crippen molar-refractivity contribution in [2.75, 3.05) is 6.54 Å². The molecule has 0 saturated heterocycles. The Bertz CT molecular complexity index is 563. The van der Waals surface area contributed by atoms with Gasteiger partial charge in [-0.25, -0.2) is 4.68 Å². The predicted molar refractivity (Wildman–Crippen MR) is 69.8 cm³/mol. The number of carbonyl (C=O) groups is 1. The van der Waals surface area contributed by atoms with Crippen LogP contribution in [-0.4, -0.2) is 38.2 Å². The molecule has 0 radical (unpaired) electrons. The van der Waals surface area contributed by atoms with Crippen LogP contribution < -0.4 is 11.1 Å². The number of amides is 1. The zero-order valence-electron chi connectivity index (χ0n) is 10.9. The van der Waals surface area contributed by atoms with Gasteiger partial charge >= 0.3 is 0 Å². The van der Waals surface area contributed by atoms with Crippen LogP contribution >= 0.6 is 0 Å². The van der Waals surface area contributed by atoms with Crippen molar-refractivity contribution in [1.29, 1.82) is 0 Å². The zero-order valence-corrected chi connectivity index (χ0v) is 10.9. The Labute approximate surface area is 110 Å². The molecule has 0 aliphatic rings. The minimum absolute atomic E-state index is 0.176. The Hall–Kier alpha value is -2.28. The highest BCUT2D eigenvalue weighted by Gasteiger charge is 2.19. The first kappa shape index (κ1) is 13.2. The van der Waals surface area contributed by atoms with Crippen LogP contribution in [0.5, 0.6) is 0 Å². The summed E-state index contributed by atoms with van der Waals surface area (Å²) in [6.07, 6.45) is 1.47. The molecule has 1 heterocycles. The number of benzene rings is 1. The van der Waals surface area contributed by atoms with Crippen LogP contribution in [0.4, 0.5) is 0 Å². The van der Waals surface area contributed by atoms with E-state index < -0.39 is 5.54 Å². The van der Waals surface area contributed by atoms with Crippen molar-refractivity contribution in [1.82, 2.24) is 25.5 Å². The second kappa shape index (κ2) is 5.15. The van der Waals surface area contributed by atoms with E-state index >= 15 is 0 Å². The smallest absolute Gasteiger partial charge is 0.251 e. The highest BCUT2D eigenvalue weighted by Crippen LogP contribution is 2.10. The fraction of sp³-hybridized carbons (Fsp3) is 0.333. The zero-order chi connectivity index (χ0) is 13.9. The number of aromatic nitrogens is 4. The molecule has 7 heteroatoms. The SMILES string of the molecule is CC(C)(CN)NC(=O)c1cccc(-n2cnnn2)c1. The average Bonchev–Trinajstić information content (AvgIpc) is 2.92. The maximum Gasteiger partial charge on any atom is 0.251 e. The molecule has 19 heavy (non-hydrogen) atoms. The van der Waals surface area contributed by atoms with E-state index in [-0.39, 0.29) is 5.91 Å². The molecule has 0 spiro atoms. The van der Waals surface area contributed by atoms with Gasteiger partial charge < -0.3 is 11.1 Å². The van der Waals surface area contributed by atoms with Gasteiger partial charge in [-0.15, -0.1) is 5.10 Å². The third kappa shape index (κ3) is 3.14. The van der Waals surface area contributed by atoms with Crippen LogP contribution in [0.15, 0.2) is 30.6 Å². The molecule has 7 nitrogen and oxygen atoms in total. The largest absolute Gasteiger partial charge is 0.346 e. The number of carbonyl (C=O) groups excluding carboxylic acids is 1. The summed E-state index contributed by atoms with van der Waals surface area (Å²) in [6, 6.07) is 7.05. The molecule has 0 bridgehead atoms. The highest BCUT2D eigenvalue weighted by molar-refractivity contribution is 5.95. The van der Waals surface area contributed by atoms with Crippen molar-refractivity contribution in [2.45, 2.75) is 19.4 Å². The summed E-state index contributed by atoms with van der Waals surface area (Å²) in [5.74, 6) is -0.176. The fourth-order valence-corrected chi connectivity index (χ4v) is 1.50. The lowest BCUT2D eigenvalue weighted by Crippen LogP contribution is -2.48. The lowest BCUT2D eigenvalue weighted by Gasteiger charge is -2.24. The van der Waals surface area contributed by atoms with E-state index in [1.165, 1.54) is 11.0 Å². The minimum atomic E-state index is -0.443. The molecule has 1 amide bonds. The molecule has 1 aromatic heterocycles. The number of rotatable bonds is 4. The van der Waals surface area contributed by atoms with E-state index in [4.69, 9.17) is 5.73 Å². The lowest BCUT2D eigenvalue weighted by molar-refractivity contribution is 0.0915. The second-order valence-corrected chi connectivity index (χ2v) is 4.85. The standard InChI is InChI=1S/C12H16N6O/c1-12(2,7-13)15-11(19)9-4-3-5-10(6-9)18-8-14-16-17-18/h3-6,8H,7,13H2,1-2H3,(H,15,19). The van der Waals surface area contributed by atoms with Gasteiger partial charge in [0.15, 0.2) is 0 Å². The van der Waals surface area contributed by atoms with E-state index in [1.807, 2.05) is 19.9 Å². The maximum absolute atomic E-state index is 12.1. The van der Waals surface area contributed by atoms with Gasteiger partial charge in [0.05, 0.1) is 5.69 Å². The molecule has 2 rings (SSSR count). The number of nitrogens with one attached hydrogen (secondary N) is 1. The number of hydrogen-bond acceptors (Lipinski definition) is 5. The molecular weight excluding hydrogens is 244 g/mol. The van der Waals surface area contributed by atoms with Crippen molar-refractivity contribution in [3.63, 3.8) is 0 Å². The van der Waals surface area contributed by atoms with Gasteiger partial charge in [0.1, 0.15) is 6.33 Å². The molecular formula is C12H16N6O. The maximum atomic E-state index is 12.1. The van der Waals surface area contributed by atoms with Crippen molar-refractivity contribution in [2.24, 2.45) is 5.73 Å². The van der Waals surface area contributed by atoms with Crippen LogP contribution in [0, 0.1) is 0 Å². The third-order valence-corrected chi connectivity index (χ3v) is 2.68. The molecule has 2 aromatic rings. The van der Waals surface area contributed by atoms with E-state index in [0.29, 0.717) is 12.1 Å². The monoisotopic (exact) mass is 260 g/mol. The van der Waals surface area contributed by atoms with Gasteiger partial charge in [-0.1, -0.05) is 6.07 Å². The Kier molecular flexibility index (Phi) is 3.57. The Morgan fingerprint density at radius 3 is 2.89 bits per heavy atom. The molecule has 0 atom stereocenters. The molecule has 0 aliphatic carbocycles. The summed E-state index contributed by atoms with van der Waals surface area (Å²) in [5, 5.41) is 13.8. The van der Waals surface area contributed by atoms with Crippen LogP contribution in [0.25, 0.3) is 5.69 Å². The van der Waals surface area contributed by atoms with Crippen LogP contribution in [-0.2, 0) is 0 Å². The molecule has 0 saturated carbocycles. The topological polar surface area (TPSA) is 98.7 Å². The van der Waals surface area contributed by atoms with Gasteiger partial charge in [-0.2, -0.15) is 0 Å². The van der Waals surface area contributed by atoms with E-state index in [1.54, 1.807) is 18.2 Å². The normalized spacial score (nSPS) is 11.3. The number of tetrazole rings is 1. The van der Waals surface area contributed by atoms with E-state index in [0.717, 1.165) is 5.69 Å². The van der Waals surface area contributed by atoms with Crippen molar-refractivity contribution in [3.8, 4) is 5.69 Å². The molecule has 3 N–H and O–H groups in total. The first-order chi connectivity index (χ1) is 9.02. The number of hydrogen-bond donors (Lipinski definition) is 2. The lowest BCUT2D eigenvalue weighted by atomic mass is 10.1. The second-order valence-electron chi connectivity index (χ2n) is 4.85. The van der Waals surface area contributed by atoms with Crippen molar-refractivity contribution < 1.29 is 4.79 Å².